The van der Waals surface area contributed by atoms with Crippen LogP contribution in [-0.2, 0) is 24.5 Å². The number of aliphatic hydroxyl groups is 2. The van der Waals surface area contributed by atoms with E-state index < -0.39 is 11.7 Å². The van der Waals surface area contributed by atoms with Crippen LogP contribution < -0.4 is 5.56 Å². The summed E-state index contributed by atoms with van der Waals surface area (Å²) in [6.45, 7) is 2.96. The van der Waals surface area contributed by atoms with Gasteiger partial charge in [-0.05, 0) is 25.5 Å². The van der Waals surface area contributed by atoms with Gasteiger partial charge in [0, 0.05) is 11.1 Å². The fourth-order valence-corrected chi connectivity index (χ4v) is 2.32. The summed E-state index contributed by atoms with van der Waals surface area (Å²) in [4.78, 5) is 12.2. The lowest BCUT2D eigenvalue weighted by Gasteiger charge is -2.15. The quantitative estimate of drug-likeness (QED) is 0.790. The molecule has 0 amide bonds. The number of hydrogen-bond donors (Lipinski definition) is 2. The molecule has 0 saturated carbocycles. The van der Waals surface area contributed by atoms with Crippen molar-refractivity contribution in [1.82, 2.24) is 9.78 Å². The van der Waals surface area contributed by atoms with Crippen LogP contribution in [0.1, 0.15) is 22.4 Å². The number of aryl methyl sites for hydroxylation is 1. The van der Waals surface area contributed by atoms with Gasteiger partial charge in [-0.15, -0.1) is 0 Å². The van der Waals surface area contributed by atoms with Crippen molar-refractivity contribution in [1.29, 1.82) is 0 Å². The van der Waals surface area contributed by atoms with Gasteiger partial charge in [-0.3, -0.25) is 4.79 Å². The van der Waals surface area contributed by atoms with E-state index in [2.05, 4.69) is 5.10 Å². The summed E-state index contributed by atoms with van der Waals surface area (Å²) in [6.07, 6.45) is -0.976. The van der Waals surface area contributed by atoms with Gasteiger partial charge in [0.25, 0.3) is 5.56 Å². The van der Waals surface area contributed by atoms with Crippen molar-refractivity contribution < 1.29 is 19.3 Å². The van der Waals surface area contributed by atoms with E-state index >= 15 is 0 Å². The van der Waals surface area contributed by atoms with Gasteiger partial charge in [0.15, 0.2) is 0 Å². The minimum atomic E-state index is -0.976. The summed E-state index contributed by atoms with van der Waals surface area (Å²) in [7, 11) is 0. The molecular formula is C17H21FN2O4. The summed E-state index contributed by atoms with van der Waals surface area (Å²) in [5.41, 5.74) is 1.48. The molecule has 0 aliphatic carbocycles. The van der Waals surface area contributed by atoms with E-state index in [1.54, 1.807) is 32.0 Å². The van der Waals surface area contributed by atoms with Gasteiger partial charge in [-0.1, -0.05) is 18.2 Å². The van der Waals surface area contributed by atoms with Crippen molar-refractivity contribution in [2.75, 3.05) is 6.61 Å². The number of aromatic nitrogens is 2. The summed E-state index contributed by atoms with van der Waals surface area (Å²) in [5, 5.41) is 23.4. The van der Waals surface area contributed by atoms with Crippen LogP contribution in [-0.4, -0.2) is 32.7 Å². The van der Waals surface area contributed by atoms with E-state index in [1.165, 1.54) is 6.07 Å². The van der Waals surface area contributed by atoms with Gasteiger partial charge in [0.05, 0.1) is 38.2 Å². The van der Waals surface area contributed by atoms with E-state index in [4.69, 9.17) is 4.74 Å². The predicted octanol–water partition coefficient (Wildman–Crippen LogP) is 1.07. The molecule has 0 bridgehead atoms. The molecule has 2 N–H and O–H groups in total. The lowest BCUT2D eigenvalue weighted by molar-refractivity contribution is 0.0169. The molecule has 1 aromatic carbocycles. The molecule has 130 valence electrons. The largest absolute Gasteiger partial charge is 0.391 e. The van der Waals surface area contributed by atoms with Crippen LogP contribution in [0.2, 0.25) is 0 Å². The van der Waals surface area contributed by atoms with Gasteiger partial charge in [0.1, 0.15) is 5.82 Å². The molecule has 1 aromatic heterocycles. The highest BCUT2D eigenvalue weighted by Gasteiger charge is 2.14. The Balaban J connectivity index is 1.98. The van der Waals surface area contributed by atoms with Crippen molar-refractivity contribution in [2.45, 2.75) is 39.7 Å². The molecule has 2 rings (SSSR count). The molecule has 0 fully saturated rings. The van der Waals surface area contributed by atoms with Crippen LogP contribution in [0, 0.1) is 19.7 Å². The summed E-state index contributed by atoms with van der Waals surface area (Å²) in [5.74, 6) is -0.369. The molecule has 1 heterocycles. The highest BCUT2D eigenvalue weighted by Crippen LogP contribution is 2.09. The van der Waals surface area contributed by atoms with E-state index in [9.17, 15) is 19.4 Å². The van der Waals surface area contributed by atoms with Gasteiger partial charge in [0.2, 0.25) is 0 Å². The molecule has 0 aliphatic rings. The van der Waals surface area contributed by atoms with Gasteiger partial charge >= 0.3 is 0 Å². The molecular weight excluding hydrogens is 315 g/mol. The third kappa shape index (κ3) is 4.25. The standard InChI is InChI=1S/C17H21FN2O4/c1-11-12(2)19-20(17(23)15(11)8-21)7-14(22)10-24-9-13-5-3-4-6-16(13)18/h3-6,14,21-22H,7-10H2,1-2H3. The van der Waals surface area contributed by atoms with Crippen molar-refractivity contribution in [2.24, 2.45) is 0 Å². The van der Waals surface area contributed by atoms with Crippen molar-refractivity contribution in [3.8, 4) is 0 Å². The minimum Gasteiger partial charge on any atom is -0.391 e. The zero-order valence-electron chi connectivity index (χ0n) is 13.7. The molecule has 1 atom stereocenters. The third-order valence-electron chi connectivity index (χ3n) is 3.83. The normalized spacial score (nSPS) is 12.4. The predicted molar refractivity (Wildman–Crippen MR) is 86.0 cm³/mol. The molecule has 0 spiro atoms. The van der Waals surface area contributed by atoms with Crippen LogP contribution >= 0.6 is 0 Å². The summed E-state index contributed by atoms with van der Waals surface area (Å²) in [6, 6.07) is 6.23. The first-order chi connectivity index (χ1) is 11.4. The number of aliphatic hydroxyl groups excluding tert-OH is 2. The fraction of sp³-hybridized carbons (Fsp3) is 0.412. The molecule has 0 saturated heterocycles. The van der Waals surface area contributed by atoms with E-state index in [0.717, 1.165) is 4.68 Å². The molecule has 7 heteroatoms. The molecule has 24 heavy (non-hydrogen) atoms. The second-order valence-electron chi connectivity index (χ2n) is 5.59. The van der Waals surface area contributed by atoms with Gasteiger partial charge in [-0.25, -0.2) is 9.07 Å². The number of ether oxygens (including phenoxy) is 1. The Hall–Kier alpha value is -2.09. The van der Waals surface area contributed by atoms with Crippen LogP contribution in [0.25, 0.3) is 0 Å². The van der Waals surface area contributed by atoms with Crippen molar-refractivity contribution >= 4 is 0 Å². The molecule has 6 nitrogen and oxygen atoms in total. The number of hydrogen-bond acceptors (Lipinski definition) is 5. The lowest BCUT2D eigenvalue weighted by Crippen LogP contribution is -2.34. The van der Waals surface area contributed by atoms with Crippen molar-refractivity contribution in [3.63, 3.8) is 0 Å². The number of halogens is 1. The average Bonchev–Trinajstić information content (AvgIpc) is 2.55. The minimum absolute atomic E-state index is 0.0286. The maximum Gasteiger partial charge on any atom is 0.272 e. The Morgan fingerprint density at radius 2 is 2.04 bits per heavy atom. The Morgan fingerprint density at radius 3 is 2.71 bits per heavy atom. The van der Waals surface area contributed by atoms with Gasteiger partial charge < -0.3 is 14.9 Å². The fourth-order valence-electron chi connectivity index (χ4n) is 2.32. The van der Waals surface area contributed by atoms with E-state index in [0.29, 0.717) is 16.8 Å². The second kappa shape index (κ2) is 8.14. The molecule has 0 aliphatic heterocycles. The monoisotopic (exact) mass is 336 g/mol. The van der Waals surface area contributed by atoms with Crippen molar-refractivity contribution in [3.05, 3.63) is 62.8 Å². The molecule has 1 unspecified atom stereocenters. The number of benzene rings is 1. The zero-order valence-corrected chi connectivity index (χ0v) is 13.7. The Labute approximate surface area is 139 Å². The van der Waals surface area contributed by atoms with Crippen LogP contribution in [0.15, 0.2) is 29.1 Å². The topological polar surface area (TPSA) is 84.6 Å². The first-order valence-corrected chi connectivity index (χ1v) is 7.61. The number of rotatable bonds is 7. The molecule has 2 aromatic rings. The smallest absolute Gasteiger partial charge is 0.272 e. The van der Waals surface area contributed by atoms with Crippen LogP contribution in [0.4, 0.5) is 4.39 Å². The Morgan fingerprint density at radius 1 is 1.33 bits per heavy atom. The maximum absolute atomic E-state index is 13.5. The summed E-state index contributed by atoms with van der Waals surface area (Å²) >= 11 is 0. The summed E-state index contributed by atoms with van der Waals surface area (Å²) < 4.78 is 19.9. The van der Waals surface area contributed by atoms with Crippen LogP contribution in [0.5, 0.6) is 0 Å². The maximum atomic E-state index is 13.5. The zero-order chi connectivity index (χ0) is 17.7. The molecule has 0 radical (unpaired) electrons. The highest BCUT2D eigenvalue weighted by atomic mass is 19.1. The lowest BCUT2D eigenvalue weighted by atomic mass is 10.1. The second-order valence-corrected chi connectivity index (χ2v) is 5.59. The average molecular weight is 336 g/mol. The Kier molecular flexibility index (Phi) is 6.19. The third-order valence-corrected chi connectivity index (χ3v) is 3.83. The van der Waals surface area contributed by atoms with E-state index in [-0.39, 0.29) is 37.7 Å². The highest BCUT2D eigenvalue weighted by molar-refractivity contribution is 5.25. The van der Waals surface area contributed by atoms with E-state index in [1.807, 2.05) is 0 Å². The first-order valence-electron chi connectivity index (χ1n) is 7.61. The van der Waals surface area contributed by atoms with Gasteiger partial charge in [-0.2, -0.15) is 5.10 Å². The SMILES string of the molecule is Cc1nn(CC(O)COCc2ccccc2F)c(=O)c(CO)c1C. The number of nitrogens with zero attached hydrogens (tertiary/aromatic N) is 2. The first kappa shape index (κ1) is 18.3. The Bertz CT molecular complexity index is 761. The van der Waals surface area contributed by atoms with Crippen LogP contribution in [0.3, 0.4) is 0 Å².